The zero-order valence-corrected chi connectivity index (χ0v) is 13.6. The van der Waals surface area contributed by atoms with Crippen LogP contribution in [0.25, 0.3) is 17.1 Å². The van der Waals surface area contributed by atoms with Gasteiger partial charge in [0.25, 0.3) is 0 Å². The number of aromatic nitrogens is 3. The van der Waals surface area contributed by atoms with Crippen LogP contribution in [0.1, 0.15) is 12.5 Å². The summed E-state index contributed by atoms with van der Waals surface area (Å²) in [6, 6.07) is 16.0. The minimum atomic E-state index is -0.215. The normalized spacial score (nSPS) is 11.4. The number of aryl methyl sites for hydroxylation is 1. The Labute approximate surface area is 131 Å². The Morgan fingerprint density at radius 1 is 1.18 bits per heavy atom. The van der Waals surface area contributed by atoms with Crippen molar-refractivity contribution in [1.29, 1.82) is 0 Å². The maximum atomic E-state index is 12.2. The molecule has 112 valence electrons. The first-order chi connectivity index (χ1) is 10.7. The predicted octanol–water partition coefficient (Wildman–Crippen LogP) is 2.72. The Morgan fingerprint density at radius 3 is 2.77 bits per heavy atom. The SMILES string of the molecule is CCc1cccc(-n2nc(-c3cccc(PC)c3)[nH]c2=O)c1. The first-order valence-corrected chi connectivity index (χ1v) is 8.78. The van der Waals surface area contributed by atoms with Crippen molar-refractivity contribution in [1.82, 2.24) is 14.8 Å². The summed E-state index contributed by atoms with van der Waals surface area (Å²) in [5.74, 6) is 0.604. The first kappa shape index (κ1) is 14.7. The van der Waals surface area contributed by atoms with Gasteiger partial charge in [-0.15, -0.1) is 5.10 Å². The summed E-state index contributed by atoms with van der Waals surface area (Å²) in [5, 5.41) is 5.70. The molecule has 1 N–H and O–H groups in total. The molecule has 0 amide bonds. The van der Waals surface area contributed by atoms with Crippen LogP contribution in [0.4, 0.5) is 0 Å². The maximum Gasteiger partial charge on any atom is 0.348 e. The summed E-state index contributed by atoms with van der Waals surface area (Å²) in [7, 11) is 0.720. The van der Waals surface area contributed by atoms with Gasteiger partial charge in [-0.1, -0.05) is 45.8 Å². The van der Waals surface area contributed by atoms with Gasteiger partial charge in [0.15, 0.2) is 5.82 Å². The van der Waals surface area contributed by atoms with Gasteiger partial charge in [-0.05, 0) is 42.2 Å². The Kier molecular flexibility index (Phi) is 4.21. The fraction of sp³-hybridized carbons (Fsp3) is 0.176. The molecule has 0 bridgehead atoms. The van der Waals surface area contributed by atoms with Crippen LogP contribution in [0.15, 0.2) is 53.3 Å². The van der Waals surface area contributed by atoms with Crippen LogP contribution >= 0.6 is 8.58 Å². The van der Waals surface area contributed by atoms with Gasteiger partial charge in [0.2, 0.25) is 0 Å². The van der Waals surface area contributed by atoms with E-state index in [1.54, 1.807) is 0 Å². The third kappa shape index (κ3) is 2.88. The van der Waals surface area contributed by atoms with E-state index in [2.05, 4.69) is 35.8 Å². The highest BCUT2D eigenvalue weighted by molar-refractivity contribution is 7.46. The highest BCUT2D eigenvalue weighted by Crippen LogP contribution is 2.16. The molecule has 3 rings (SSSR count). The van der Waals surface area contributed by atoms with E-state index in [9.17, 15) is 4.79 Å². The number of aromatic amines is 1. The van der Waals surface area contributed by atoms with Crippen molar-refractivity contribution in [3.8, 4) is 17.1 Å². The molecule has 0 radical (unpaired) electrons. The highest BCUT2D eigenvalue weighted by atomic mass is 31.1. The average Bonchev–Trinajstić information content (AvgIpc) is 2.97. The molecular weight excluding hydrogens is 293 g/mol. The van der Waals surface area contributed by atoms with Crippen molar-refractivity contribution in [2.45, 2.75) is 13.3 Å². The van der Waals surface area contributed by atoms with Crippen LogP contribution in [0, 0.1) is 0 Å². The fourth-order valence-corrected chi connectivity index (χ4v) is 2.92. The molecule has 0 saturated carbocycles. The molecule has 22 heavy (non-hydrogen) atoms. The van der Waals surface area contributed by atoms with Gasteiger partial charge in [0, 0.05) is 5.56 Å². The molecule has 3 aromatic rings. The smallest absolute Gasteiger partial charge is 0.288 e. The summed E-state index contributed by atoms with van der Waals surface area (Å²) in [6.07, 6.45) is 0.930. The Hall–Kier alpha value is -2.19. The number of hydrogen-bond acceptors (Lipinski definition) is 2. The number of hydrogen-bond donors (Lipinski definition) is 1. The van der Waals surface area contributed by atoms with Crippen LogP contribution in [-0.4, -0.2) is 21.4 Å². The molecule has 0 spiro atoms. The second-order valence-electron chi connectivity index (χ2n) is 5.04. The molecule has 0 aliphatic heterocycles. The average molecular weight is 311 g/mol. The number of H-pyrrole nitrogens is 1. The lowest BCUT2D eigenvalue weighted by molar-refractivity contribution is 0.842. The van der Waals surface area contributed by atoms with E-state index in [-0.39, 0.29) is 5.69 Å². The fourth-order valence-electron chi connectivity index (χ4n) is 2.36. The minimum Gasteiger partial charge on any atom is -0.288 e. The topological polar surface area (TPSA) is 50.7 Å². The molecule has 1 atom stereocenters. The van der Waals surface area contributed by atoms with E-state index in [0.717, 1.165) is 26.3 Å². The molecule has 1 heterocycles. The molecule has 0 fully saturated rings. The lowest BCUT2D eigenvalue weighted by atomic mass is 10.1. The van der Waals surface area contributed by atoms with Gasteiger partial charge in [0.1, 0.15) is 0 Å². The first-order valence-electron chi connectivity index (χ1n) is 7.28. The largest absolute Gasteiger partial charge is 0.348 e. The van der Waals surface area contributed by atoms with Crippen molar-refractivity contribution in [2.75, 3.05) is 6.66 Å². The van der Waals surface area contributed by atoms with Crippen molar-refractivity contribution in [3.05, 3.63) is 64.6 Å². The minimum absolute atomic E-state index is 0.215. The van der Waals surface area contributed by atoms with Gasteiger partial charge >= 0.3 is 5.69 Å². The quantitative estimate of drug-likeness (QED) is 0.753. The van der Waals surface area contributed by atoms with Crippen molar-refractivity contribution < 1.29 is 0 Å². The van der Waals surface area contributed by atoms with E-state index in [1.165, 1.54) is 15.5 Å². The van der Waals surface area contributed by atoms with Crippen LogP contribution in [0.2, 0.25) is 0 Å². The van der Waals surface area contributed by atoms with Gasteiger partial charge < -0.3 is 0 Å². The number of nitrogens with one attached hydrogen (secondary N) is 1. The van der Waals surface area contributed by atoms with Gasteiger partial charge in [-0.25, -0.2) is 4.79 Å². The molecule has 0 aliphatic carbocycles. The lowest BCUT2D eigenvalue weighted by Crippen LogP contribution is -2.15. The zero-order valence-electron chi connectivity index (χ0n) is 12.6. The molecule has 5 heteroatoms. The maximum absolute atomic E-state index is 12.2. The van der Waals surface area contributed by atoms with Crippen LogP contribution in [0.5, 0.6) is 0 Å². The standard InChI is InChI=1S/C17H18N3OP/c1-3-12-6-4-8-14(10-12)20-17(21)18-16(19-20)13-7-5-9-15(11-13)22-2/h4-11,22H,3H2,1-2H3,(H,18,19,21). The lowest BCUT2D eigenvalue weighted by Gasteiger charge is -2.02. The number of benzene rings is 2. The summed E-state index contributed by atoms with van der Waals surface area (Å²) in [4.78, 5) is 15.1. The van der Waals surface area contributed by atoms with E-state index in [1.807, 2.05) is 36.4 Å². The molecule has 0 saturated heterocycles. The number of rotatable bonds is 4. The van der Waals surface area contributed by atoms with Gasteiger partial charge in [0.05, 0.1) is 5.69 Å². The van der Waals surface area contributed by atoms with E-state index in [4.69, 9.17) is 0 Å². The van der Waals surface area contributed by atoms with Crippen LogP contribution in [0.3, 0.4) is 0 Å². The second-order valence-corrected chi connectivity index (χ2v) is 6.12. The van der Waals surface area contributed by atoms with Crippen molar-refractivity contribution in [2.24, 2.45) is 0 Å². The van der Waals surface area contributed by atoms with E-state index >= 15 is 0 Å². The second kappa shape index (κ2) is 6.29. The van der Waals surface area contributed by atoms with Crippen molar-refractivity contribution in [3.63, 3.8) is 0 Å². The predicted molar refractivity (Wildman–Crippen MR) is 92.9 cm³/mol. The van der Waals surface area contributed by atoms with Crippen molar-refractivity contribution >= 4 is 13.9 Å². The van der Waals surface area contributed by atoms with E-state index in [0.29, 0.717) is 5.82 Å². The molecule has 1 aromatic heterocycles. The summed E-state index contributed by atoms with van der Waals surface area (Å²) >= 11 is 0. The summed E-state index contributed by atoms with van der Waals surface area (Å²) < 4.78 is 1.43. The summed E-state index contributed by atoms with van der Waals surface area (Å²) in [5.41, 5.74) is 2.70. The molecule has 1 unspecified atom stereocenters. The number of nitrogens with zero attached hydrogens (tertiary/aromatic N) is 2. The Morgan fingerprint density at radius 2 is 2.00 bits per heavy atom. The van der Waals surface area contributed by atoms with Gasteiger partial charge in [-0.2, -0.15) is 4.68 Å². The monoisotopic (exact) mass is 311 g/mol. The third-order valence-corrected chi connectivity index (χ3v) is 4.49. The molecule has 0 aliphatic rings. The summed E-state index contributed by atoms with van der Waals surface area (Å²) in [6.45, 7) is 4.23. The van der Waals surface area contributed by atoms with Gasteiger partial charge in [-0.3, -0.25) is 4.98 Å². The van der Waals surface area contributed by atoms with Crippen LogP contribution < -0.4 is 11.0 Å². The zero-order chi connectivity index (χ0) is 15.5. The Bertz CT molecular complexity index is 851. The molecular formula is C17H18N3OP. The van der Waals surface area contributed by atoms with E-state index < -0.39 is 0 Å². The third-order valence-electron chi connectivity index (χ3n) is 3.61. The molecule has 2 aromatic carbocycles. The highest BCUT2D eigenvalue weighted by Gasteiger charge is 2.09. The molecule has 4 nitrogen and oxygen atoms in total. The van der Waals surface area contributed by atoms with Crippen LogP contribution in [-0.2, 0) is 6.42 Å². The Balaban J connectivity index is 2.05.